The van der Waals surface area contributed by atoms with Crippen molar-refractivity contribution in [2.24, 2.45) is 0 Å². The van der Waals surface area contributed by atoms with E-state index in [1.165, 1.54) is 0 Å². The van der Waals surface area contributed by atoms with Crippen LogP contribution in [0.4, 0.5) is 5.69 Å². The molecule has 28 heavy (non-hydrogen) atoms. The summed E-state index contributed by atoms with van der Waals surface area (Å²) in [4.78, 5) is 12.8. The van der Waals surface area contributed by atoms with Crippen molar-refractivity contribution in [3.05, 3.63) is 84.2 Å². The minimum absolute atomic E-state index is 0.00997. The first-order valence-electron chi connectivity index (χ1n) is 9.81. The molecule has 1 N–H and O–H groups in total. The Morgan fingerprint density at radius 2 is 1.64 bits per heavy atom. The number of anilines is 1. The van der Waals surface area contributed by atoms with Gasteiger partial charge < -0.3 is 10.1 Å². The lowest BCUT2D eigenvalue weighted by molar-refractivity contribution is -0.116. The minimum Gasteiger partial charge on any atom is -0.381 e. The van der Waals surface area contributed by atoms with Gasteiger partial charge in [0.1, 0.15) is 0 Å². The number of nitrogens with one attached hydrogen (secondary N) is 1. The van der Waals surface area contributed by atoms with Crippen LogP contribution in [0.2, 0.25) is 0 Å². The number of amides is 1. The Hall–Kier alpha value is -2.92. The number of aromatic nitrogens is 2. The number of rotatable bonds is 6. The summed E-state index contributed by atoms with van der Waals surface area (Å²) in [5.74, 6) is 0.0113. The fourth-order valence-electron chi connectivity index (χ4n) is 3.75. The van der Waals surface area contributed by atoms with E-state index in [0.29, 0.717) is 12.5 Å². The molecule has 0 unspecified atom stereocenters. The monoisotopic (exact) mass is 375 g/mol. The summed E-state index contributed by atoms with van der Waals surface area (Å²) in [5.41, 5.74) is 3.03. The molecule has 1 aliphatic heterocycles. The van der Waals surface area contributed by atoms with E-state index in [1.54, 1.807) is 6.20 Å². The number of ether oxygens (including phenoxy) is 1. The average molecular weight is 375 g/mol. The number of nitrogens with zero attached hydrogens (tertiary/aromatic N) is 2. The van der Waals surface area contributed by atoms with E-state index in [9.17, 15) is 4.79 Å². The summed E-state index contributed by atoms with van der Waals surface area (Å²) in [6, 6.07) is 20.7. The van der Waals surface area contributed by atoms with Gasteiger partial charge in [0.05, 0.1) is 17.9 Å². The Labute approximate surface area is 165 Å². The standard InChI is InChI=1S/C23H25N3O2/c27-23(25-20-16-24-26(17-20)21-11-13-28-14-12-21)15-22(18-7-3-1-4-8-18)19-9-5-2-6-10-19/h1-10,16-17,21-22H,11-15H2,(H,25,27). The van der Waals surface area contributed by atoms with Gasteiger partial charge in [-0.3, -0.25) is 9.48 Å². The van der Waals surface area contributed by atoms with Gasteiger partial charge in [-0.25, -0.2) is 0 Å². The van der Waals surface area contributed by atoms with Crippen LogP contribution in [0, 0.1) is 0 Å². The maximum Gasteiger partial charge on any atom is 0.225 e. The Morgan fingerprint density at radius 1 is 1.04 bits per heavy atom. The van der Waals surface area contributed by atoms with Gasteiger partial charge in [0.2, 0.25) is 5.91 Å². The molecule has 144 valence electrons. The van der Waals surface area contributed by atoms with Crippen molar-refractivity contribution in [2.45, 2.75) is 31.2 Å². The lowest BCUT2D eigenvalue weighted by atomic mass is 9.88. The van der Waals surface area contributed by atoms with Gasteiger partial charge in [-0.1, -0.05) is 60.7 Å². The smallest absolute Gasteiger partial charge is 0.225 e. The van der Waals surface area contributed by atoms with Crippen LogP contribution in [0.5, 0.6) is 0 Å². The van der Waals surface area contributed by atoms with Crippen molar-refractivity contribution in [3.8, 4) is 0 Å². The van der Waals surface area contributed by atoms with Crippen LogP contribution < -0.4 is 5.32 Å². The summed E-state index contributed by atoms with van der Waals surface area (Å²) in [6.45, 7) is 1.53. The third kappa shape index (κ3) is 4.49. The molecule has 3 aromatic rings. The van der Waals surface area contributed by atoms with Gasteiger partial charge >= 0.3 is 0 Å². The number of carbonyl (C=O) groups is 1. The second kappa shape index (κ2) is 8.85. The van der Waals surface area contributed by atoms with E-state index < -0.39 is 0 Å². The van der Waals surface area contributed by atoms with E-state index in [1.807, 2.05) is 47.3 Å². The van der Waals surface area contributed by atoms with Crippen LogP contribution in [0.1, 0.15) is 42.3 Å². The van der Waals surface area contributed by atoms with E-state index in [0.717, 1.165) is 42.9 Å². The summed E-state index contributed by atoms with van der Waals surface area (Å²) in [5, 5.41) is 7.45. The highest BCUT2D eigenvalue weighted by atomic mass is 16.5. The molecule has 0 bridgehead atoms. The normalized spacial score (nSPS) is 14.9. The first-order valence-corrected chi connectivity index (χ1v) is 9.81. The van der Waals surface area contributed by atoms with Crippen LogP contribution in [0.15, 0.2) is 73.1 Å². The highest BCUT2D eigenvalue weighted by molar-refractivity contribution is 5.91. The quantitative estimate of drug-likeness (QED) is 0.695. The maximum absolute atomic E-state index is 12.8. The van der Waals surface area contributed by atoms with Crippen LogP contribution in [-0.4, -0.2) is 28.9 Å². The predicted molar refractivity (Wildman–Crippen MR) is 109 cm³/mol. The molecule has 1 fully saturated rings. The first kappa shape index (κ1) is 18.4. The van der Waals surface area contributed by atoms with Crippen molar-refractivity contribution >= 4 is 11.6 Å². The summed E-state index contributed by atoms with van der Waals surface area (Å²) in [6.07, 6.45) is 5.95. The molecule has 2 aromatic carbocycles. The lowest BCUT2D eigenvalue weighted by Gasteiger charge is -2.22. The highest BCUT2D eigenvalue weighted by Crippen LogP contribution is 2.28. The minimum atomic E-state index is -0.00997. The average Bonchev–Trinajstić information content (AvgIpc) is 3.22. The van der Waals surface area contributed by atoms with Gasteiger partial charge in [-0.15, -0.1) is 0 Å². The number of carbonyl (C=O) groups excluding carboxylic acids is 1. The van der Waals surface area contributed by atoms with Gasteiger partial charge in [0, 0.05) is 31.7 Å². The van der Waals surface area contributed by atoms with Crippen LogP contribution in [0.25, 0.3) is 0 Å². The molecular formula is C23H25N3O2. The molecule has 0 atom stereocenters. The highest BCUT2D eigenvalue weighted by Gasteiger charge is 2.20. The topological polar surface area (TPSA) is 56.2 Å². The van der Waals surface area contributed by atoms with Crippen molar-refractivity contribution < 1.29 is 9.53 Å². The fourth-order valence-corrected chi connectivity index (χ4v) is 3.75. The maximum atomic E-state index is 12.8. The molecule has 1 aliphatic rings. The number of hydrogen-bond acceptors (Lipinski definition) is 3. The predicted octanol–water partition coefficient (Wildman–Crippen LogP) is 4.40. The summed E-state index contributed by atoms with van der Waals surface area (Å²) >= 11 is 0. The van der Waals surface area contributed by atoms with E-state index >= 15 is 0 Å². The zero-order chi connectivity index (χ0) is 19.2. The molecule has 1 amide bonds. The van der Waals surface area contributed by atoms with E-state index in [2.05, 4.69) is 34.7 Å². The Morgan fingerprint density at radius 3 is 2.25 bits per heavy atom. The van der Waals surface area contributed by atoms with Gasteiger partial charge in [-0.05, 0) is 24.0 Å². The van der Waals surface area contributed by atoms with E-state index in [-0.39, 0.29) is 11.8 Å². The second-order valence-corrected chi connectivity index (χ2v) is 7.18. The molecule has 1 aromatic heterocycles. The van der Waals surface area contributed by atoms with Crippen molar-refractivity contribution in [3.63, 3.8) is 0 Å². The Balaban J connectivity index is 1.45. The third-order valence-corrected chi connectivity index (χ3v) is 5.24. The number of benzene rings is 2. The zero-order valence-electron chi connectivity index (χ0n) is 15.8. The van der Waals surface area contributed by atoms with Gasteiger partial charge in [0.25, 0.3) is 0 Å². The zero-order valence-corrected chi connectivity index (χ0v) is 15.8. The SMILES string of the molecule is O=C(CC(c1ccccc1)c1ccccc1)Nc1cnn(C2CCOCC2)c1. The molecule has 5 heteroatoms. The summed E-state index contributed by atoms with van der Waals surface area (Å²) in [7, 11) is 0. The van der Waals surface area contributed by atoms with Gasteiger partial charge in [-0.2, -0.15) is 5.10 Å². The second-order valence-electron chi connectivity index (χ2n) is 7.18. The van der Waals surface area contributed by atoms with Crippen LogP contribution >= 0.6 is 0 Å². The molecule has 0 saturated carbocycles. The van der Waals surface area contributed by atoms with Crippen molar-refractivity contribution in [2.75, 3.05) is 18.5 Å². The molecule has 1 saturated heterocycles. The third-order valence-electron chi connectivity index (χ3n) is 5.24. The molecule has 0 aliphatic carbocycles. The molecule has 2 heterocycles. The lowest BCUT2D eigenvalue weighted by Crippen LogP contribution is -2.20. The van der Waals surface area contributed by atoms with E-state index in [4.69, 9.17) is 4.74 Å². The first-order chi connectivity index (χ1) is 13.8. The molecule has 0 spiro atoms. The summed E-state index contributed by atoms with van der Waals surface area (Å²) < 4.78 is 7.36. The van der Waals surface area contributed by atoms with Crippen molar-refractivity contribution in [1.29, 1.82) is 0 Å². The molecule has 5 nitrogen and oxygen atoms in total. The van der Waals surface area contributed by atoms with Gasteiger partial charge in [0.15, 0.2) is 0 Å². The Bertz CT molecular complexity index is 847. The molecular weight excluding hydrogens is 350 g/mol. The largest absolute Gasteiger partial charge is 0.381 e. The molecule has 0 radical (unpaired) electrons. The van der Waals surface area contributed by atoms with Crippen molar-refractivity contribution in [1.82, 2.24) is 9.78 Å². The number of hydrogen-bond donors (Lipinski definition) is 1. The van der Waals surface area contributed by atoms with Crippen LogP contribution in [-0.2, 0) is 9.53 Å². The molecule has 4 rings (SSSR count). The fraction of sp³-hybridized carbons (Fsp3) is 0.304. The van der Waals surface area contributed by atoms with Crippen LogP contribution in [0.3, 0.4) is 0 Å². The Kier molecular flexibility index (Phi) is 5.83.